The van der Waals surface area contributed by atoms with Gasteiger partial charge in [0, 0.05) is 0 Å². The van der Waals surface area contributed by atoms with Crippen LogP contribution in [0.25, 0.3) is 10.2 Å². The second-order valence-electron chi connectivity index (χ2n) is 4.84. The third kappa shape index (κ3) is 2.71. The molecule has 96 valence electrons. The Labute approximate surface area is 111 Å². The lowest BCUT2D eigenvalue weighted by molar-refractivity contribution is 0.0212. The summed E-state index contributed by atoms with van der Waals surface area (Å²) in [6.45, 7) is 4.90. The van der Waals surface area contributed by atoms with Crippen molar-refractivity contribution in [1.82, 2.24) is 10.3 Å². The zero-order valence-electron chi connectivity index (χ0n) is 10.6. The van der Waals surface area contributed by atoms with E-state index < -0.39 is 0 Å². The molecular formula is C14H18N2OS. The fourth-order valence-corrected chi connectivity index (χ4v) is 3.17. The molecule has 1 aliphatic rings. The first-order valence-corrected chi connectivity index (χ1v) is 7.31. The summed E-state index contributed by atoms with van der Waals surface area (Å²) in [4.78, 5) is 4.64. The number of thiazole rings is 1. The fourth-order valence-electron chi connectivity index (χ4n) is 2.30. The molecule has 0 aliphatic carbocycles. The largest absolute Gasteiger partial charge is 0.371 e. The summed E-state index contributed by atoms with van der Waals surface area (Å²) in [7, 11) is 0. The first-order valence-electron chi connectivity index (χ1n) is 6.50. The monoisotopic (exact) mass is 262 g/mol. The number of fused-ring (bicyclic) bond motifs is 1. The number of aryl methyl sites for hydroxylation is 1. The first-order chi connectivity index (χ1) is 8.81. The van der Waals surface area contributed by atoms with E-state index in [-0.39, 0.29) is 0 Å². The number of benzene rings is 1. The van der Waals surface area contributed by atoms with E-state index in [4.69, 9.17) is 4.74 Å². The van der Waals surface area contributed by atoms with Gasteiger partial charge in [-0.15, -0.1) is 11.3 Å². The Balaban J connectivity index is 1.67. The molecule has 1 aliphatic heterocycles. The summed E-state index contributed by atoms with van der Waals surface area (Å²) >= 11 is 1.74. The third-order valence-electron chi connectivity index (χ3n) is 3.32. The van der Waals surface area contributed by atoms with Gasteiger partial charge in [-0.2, -0.15) is 0 Å². The van der Waals surface area contributed by atoms with Crippen LogP contribution in [-0.4, -0.2) is 24.2 Å². The van der Waals surface area contributed by atoms with Crippen molar-refractivity contribution < 1.29 is 4.74 Å². The standard InChI is InChI=1S/C14H18N2OS/c1-10-2-3-13-12(8-10)16-14(18-13)9-17-11-4-6-15-7-5-11/h2-3,8,11,15H,4-7,9H2,1H3. The molecule has 2 aromatic rings. The van der Waals surface area contributed by atoms with Gasteiger partial charge in [0.2, 0.25) is 0 Å². The Morgan fingerprint density at radius 2 is 2.22 bits per heavy atom. The molecule has 1 aromatic heterocycles. The topological polar surface area (TPSA) is 34.1 Å². The molecule has 1 N–H and O–H groups in total. The van der Waals surface area contributed by atoms with E-state index in [0.717, 1.165) is 36.5 Å². The Bertz CT molecular complexity index is 532. The molecule has 1 aromatic carbocycles. The number of ether oxygens (including phenoxy) is 1. The minimum absolute atomic E-state index is 0.403. The minimum atomic E-state index is 0.403. The smallest absolute Gasteiger partial charge is 0.120 e. The number of piperidine rings is 1. The predicted octanol–water partition coefficient (Wildman–Crippen LogP) is 2.87. The second kappa shape index (κ2) is 5.34. The Morgan fingerprint density at radius 3 is 3.06 bits per heavy atom. The molecule has 3 rings (SSSR count). The van der Waals surface area contributed by atoms with E-state index >= 15 is 0 Å². The quantitative estimate of drug-likeness (QED) is 0.923. The second-order valence-corrected chi connectivity index (χ2v) is 5.95. The maximum absolute atomic E-state index is 5.94. The van der Waals surface area contributed by atoms with Gasteiger partial charge < -0.3 is 10.1 Å². The van der Waals surface area contributed by atoms with Crippen LogP contribution in [0.2, 0.25) is 0 Å². The van der Waals surface area contributed by atoms with Gasteiger partial charge in [0.05, 0.1) is 22.9 Å². The Kier molecular flexibility index (Phi) is 3.59. The van der Waals surface area contributed by atoms with Crippen molar-refractivity contribution in [2.75, 3.05) is 13.1 Å². The summed E-state index contributed by atoms with van der Waals surface area (Å²) < 4.78 is 7.19. The molecule has 0 saturated carbocycles. The van der Waals surface area contributed by atoms with Crippen molar-refractivity contribution >= 4 is 21.6 Å². The van der Waals surface area contributed by atoms with Gasteiger partial charge in [-0.05, 0) is 50.6 Å². The van der Waals surface area contributed by atoms with Crippen molar-refractivity contribution in [2.24, 2.45) is 0 Å². The summed E-state index contributed by atoms with van der Waals surface area (Å²) in [5.74, 6) is 0. The van der Waals surface area contributed by atoms with Crippen molar-refractivity contribution in [2.45, 2.75) is 32.5 Å². The number of aromatic nitrogens is 1. The average molecular weight is 262 g/mol. The van der Waals surface area contributed by atoms with Gasteiger partial charge in [-0.3, -0.25) is 0 Å². The Morgan fingerprint density at radius 1 is 1.39 bits per heavy atom. The summed E-state index contributed by atoms with van der Waals surface area (Å²) in [6, 6.07) is 6.42. The Hall–Kier alpha value is -0.970. The first kappa shape index (κ1) is 12.1. The van der Waals surface area contributed by atoms with Crippen LogP contribution in [-0.2, 0) is 11.3 Å². The van der Waals surface area contributed by atoms with Crippen LogP contribution in [0.1, 0.15) is 23.4 Å². The number of hydrogen-bond acceptors (Lipinski definition) is 4. The lowest BCUT2D eigenvalue weighted by Crippen LogP contribution is -2.32. The summed E-state index contributed by atoms with van der Waals surface area (Å²) in [5.41, 5.74) is 2.36. The zero-order chi connectivity index (χ0) is 12.4. The highest BCUT2D eigenvalue weighted by Crippen LogP contribution is 2.24. The van der Waals surface area contributed by atoms with Gasteiger partial charge in [0.15, 0.2) is 0 Å². The molecule has 18 heavy (non-hydrogen) atoms. The molecule has 0 atom stereocenters. The number of nitrogens with zero attached hydrogens (tertiary/aromatic N) is 1. The summed E-state index contributed by atoms with van der Waals surface area (Å²) in [5, 5.41) is 4.44. The van der Waals surface area contributed by atoms with Crippen molar-refractivity contribution in [3.05, 3.63) is 28.8 Å². The SMILES string of the molecule is Cc1ccc2sc(COC3CCNCC3)nc2c1. The molecule has 0 unspecified atom stereocenters. The van der Waals surface area contributed by atoms with Crippen LogP contribution in [0.5, 0.6) is 0 Å². The molecular weight excluding hydrogens is 244 g/mol. The van der Waals surface area contributed by atoms with Crippen LogP contribution in [0.4, 0.5) is 0 Å². The average Bonchev–Trinajstić information content (AvgIpc) is 2.79. The minimum Gasteiger partial charge on any atom is -0.371 e. The molecule has 1 saturated heterocycles. The van der Waals surface area contributed by atoms with E-state index in [9.17, 15) is 0 Å². The normalized spacial score (nSPS) is 17.4. The number of rotatable bonds is 3. The molecule has 3 nitrogen and oxygen atoms in total. The van der Waals surface area contributed by atoms with E-state index in [1.165, 1.54) is 10.3 Å². The number of hydrogen-bond donors (Lipinski definition) is 1. The molecule has 0 bridgehead atoms. The van der Waals surface area contributed by atoms with Crippen molar-refractivity contribution in [3.8, 4) is 0 Å². The molecule has 0 spiro atoms. The molecule has 0 amide bonds. The zero-order valence-corrected chi connectivity index (χ0v) is 11.4. The lowest BCUT2D eigenvalue weighted by atomic mass is 10.1. The van der Waals surface area contributed by atoms with Crippen molar-refractivity contribution in [3.63, 3.8) is 0 Å². The van der Waals surface area contributed by atoms with E-state index in [1.54, 1.807) is 11.3 Å². The van der Waals surface area contributed by atoms with E-state index in [0.29, 0.717) is 12.7 Å². The highest BCUT2D eigenvalue weighted by atomic mass is 32.1. The van der Waals surface area contributed by atoms with Gasteiger partial charge >= 0.3 is 0 Å². The van der Waals surface area contributed by atoms with Crippen LogP contribution in [0.15, 0.2) is 18.2 Å². The molecule has 1 fully saturated rings. The molecule has 2 heterocycles. The van der Waals surface area contributed by atoms with Gasteiger partial charge in [0.25, 0.3) is 0 Å². The third-order valence-corrected chi connectivity index (χ3v) is 4.33. The van der Waals surface area contributed by atoms with Gasteiger partial charge in [0.1, 0.15) is 5.01 Å². The maximum atomic E-state index is 5.94. The molecule has 4 heteroatoms. The van der Waals surface area contributed by atoms with Crippen LogP contribution in [0, 0.1) is 6.92 Å². The predicted molar refractivity (Wildman–Crippen MR) is 75.0 cm³/mol. The van der Waals surface area contributed by atoms with Crippen LogP contribution >= 0.6 is 11.3 Å². The van der Waals surface area contributed by atoms with E-state index in [2.05, 4.69) is 35.4 Å². The molecule has 0 radical (unpaired) electrons. The highest BCUT2D eigenvalue weighted by Gasteiger charge is 2.14. The van der Waals surface area contributed by atoms with E-state index in [1.807, 2.05) is 0 Å². The fraction of sp³-hybridized carbons (Fsp3) is 0.500. The lowest BCUT2D eigenvalue weighted by Gasteiger charge is -2.22. The maximum Gasteiger partial charge on any atom is 0.120 e. The van der Waals surface area contributed by atoms with Crippen molar-refractivity contribution in [1.29, 1.82) is 0 Å². The highest BCUT2D eigenvalue weighted by molar-refractivity contribution is 7.18. The summed E-state index contributed by atoms with van der Waals surface area (Å²) in [6.07, 6.45) is 2.63. The van der Waals surface area contributed by atoms with Crippen LogP contribution < -0.4 is 5.32 Å². The van der Waals surface area contributed by atoms with Crippen LogP contribution in [0.3, 0.4) is 0 Å². The number of nitrogens with one attached hydrogen (secondary N) is 1. The van der Waals surface area contributed by atoms with Gasteiger partial charge in [-0.1, -0.05) is 6.07 Å². The van der Waals surface area contributed by atoms with Gasteiger partial charge in [-0.25, -0.2) is 4.98 Å².